The molecule has 0 fully saturated rings. The zero-order valence-electron chi connectivity index (χ0n) is 22.7. The number of hydrogen-bond donors (Lipinski definition) is 1. The monoisotopic (exact) mass is 571 g/mol. The summed E-state index contributed by atoms with van der Waals surface area (Å²) in [5.74, 6) is -0.455. The Labute approximate surface area is 235 Å². The Kier molecular flexibility index (Phi) is 9.99. The number of hydrogen-bond acceptors (Lipinski definition) is 5. The van der Waals surface area contributed by atoms with Crippen LogP contribution in [-0.2, 0) is 26.2 Å². The summed E-state index contributed by atoms with van der Waals surface area (Å²) < 4.78 is 34.1. The molecule has 39 heavy (non-hydrogen) atoms. The van der Waals surface area contributed by atoms with Crippen LogP contribution < -0.4 is 14.4 Å². The van der Waals surface area contributed by atoms with Crippen molar-refractivity contribution < 1.29 is 22.7 Å². The largest absolute Gasteiger partial charge is 0.497 e. The number of carbonyl (C=O) groups excluding carboxylic acids is 2. The minimum absolute atomic E-state index is 0.0403. The molecule has 0 aromatic heterocycles. The number of methoxy groups -OCH3 is 1. The van der Waals surface area contributed by atoms with E-state index in [1.807, 2.05) is 20.8 Å². The van der Waals surface area contributed by atoms with E-state index in [0.717, 1.165) is 15.4 Å². The van der Waals surface area contributed by atoms with Gasteiger partial charge in [-0.1, -0.05) is 47.5 Å². The van der Waals surface area contributed by atoms with Crippen LogP contribution in [0, 0.1) is 6.92 Å². The number of ether oxygens (including phenoxy) is 1. The first kappa shape index (κ1) is 30.0. The molecule has 0 aliphatic heterocycles. The van der Waals surface area contributed by atoms with Gasteiger partial charge in [-0.2, -0.15) is 0 Å². The first-order chi connectivity index (χ1) is 18.4. The van der Waals surface area contributed by atoms with Crippen molar-refractivity contribution in [2.45, 2.75) is 51.2 Å². The van der Waals surface area contributed by atoms with Gasteiger partial charge >= 0.3 is 0 Å². The van der Waals surface area contributed by atoms with Gasteiger partial charge in [0.15, 0.2) is 0 Å². The lowest BCUT2D eigenvalue weighted by Gasteiger charge is -2.32. The standard InChI is InChI=1S/C29H34ClN3O5S/c1-20(2)31-29(35)22(4)32(18-23-11-13-24(30)14-12-23)28(34)19-33(25-7-6-8-26(17-25)38-5)39(36,37)27-15-9-21(3)10-16-27/h6-17,20,22H,18-19H2,1-5H3,(H,31,35). The fourth-order valence-corrected chi connectivity index (χ4v) is 5.44. The SMILES string of the molecule is COc1cccc(N(CC(=O)N(Cc2ccc(Cl)cc2)C(C)C(=O)NC(C)C)S(=O)(=O)c2ccc(C)cc2)c1. The average Bonchev–Trinajstić information content (AvgIpc) is 2.90. The number of aryl methyl sites for hydroxylation is 1. The van der Waals surface area contributed by atoms with Gasteiger partial charge in [-0.25, -0.2) is 8.42 Å². The zero-order valence-corrected chi connectivity index (χ0v) is 24.3. The first-order valence-electron chi connectivity index (χ1n) is 12.5. The molecule has 8 nitrogen and oxygen atoms in total. The third kappa shape index (κ3) is 7.74. The summed E-state index contributed by atoms with van der Waals surface area (Å²) >= 11 is 6.03. The maximum atomic E-state index is 13.9. The molecule has 0 aliphatic carbocycles. The fraction of sp³-hybridized carbons (Fsp3) is 0.310. The molecule has 1 unspecified atom stereocenters. The quantitative estimate of drug-likeness (QED) is 0.357. The van der Waals surface area contributed by atoms with Gasteiger partial charge < -0.3 is 15.0 Å². The molecule has 208 valence electrons. The summed E-state index contributed by atoms with van der Waals surface area (Å²) in [5.41, 5.74) is 1.90. The average molecular weight is 572 g/mol. The van der Waals surface area contributed by atoms with Crippen molar-refractivity contribution in [3.8, 4) is 5.75 Å². The second-order valence-corrected chi connectivity index (χ2v) is 11.8. The molecule has 0 aliphatic rings. The van der Waals surface area contributed by atoms with E-state index < -0.39 is 28.5 Å². The van der Waals surface area contributed by atoms with E-state index in [4.69, 9.17) is 16.3 Å². The highest BCUT2D eigenvalue weighted by Gasteiger charge is 2.32. The van der Waals surface area contributed by atoms with Gasteiger partial charge in [0.1, 0.15) is 18.3 Å². The van der Waals surface area contributed by atoms with Crippen LogP contribution in [0.25, 0.3) is 0 Å². The summed E-state index contributed by atoms with van der Waals surface area (Å²) in [6.45, 7) is 6.69. The van der Waals surface area contributed by atoms with Crippen LogP contribution in [0.15, 0.2) is 77.7 Å². The van der Waals surface area contributed by atoms with Gasteiger partial charge in [0, 0.05) is 23.7 Å². The Morgan fingerprint density at radius 2 is 1.62 bits per heavy atom. The van der Waals surface area contributed by atoms with Gasteiger partial charge in [0.05, 0.1) is 17.7 Å². The lowest BCUT2D eigenvalue weighted by atomic mass is 10.1. The number of sulfonamides is 1. The lowest BCUT2D eigenvalue weighted by Crippen LogP contribution is -2.52. The molecular formula is C29H34ClN3O5S. The molecule has 2 amide bonds. The van der Waals surface area contributed by atoms with E-state index in [0.29, 0.717) is 10.8 Å². The fourth-order valence-electron chi connectivity index (χ4n) is 3.91. The van der Waals surface area contributed by atoms with Crippen molar-refractivity contribution in [3.63, 3.8) is 0 Å². The van der Waals surface area contributed by atoms with E-state index >= 15 is 0 Å². The summed E-state index contributed by atoms with van der Waals surface area (Å²) in [7, 11) is -2.68. The molecule has 0 spiro atoms. The molecule has 3 aromatic carbocycles. The molecule has 0 heterocycles. The zero-order chi connectivity index (χ0) is 28.7. The van der Waals surface area contributed by atoms with Crippen molar-refractivity contribution in [2.75, 3.05) is 18.0 Å². The van der Waals surface area contributed by atoms with Crippen LogP contribution >= 0.6 is 11.6 Å². The van der Waals surface area contributed by atoms with Crippen molar-refractivity contribution in [1.82, 2.24) is 10.2 Å². The maximum Gasteiger partial charge on any atom is 0.264 e. The van der Waals surface area contributed by atoms with Gasteiger partial charge in [-0.05, 0) is 69.7 Å². The second-order valence-electron chi connectivity index (χ2n) is 9.51. The van der Waals surface area contributed by atoms with E-state index in [9.17, 15) is 18.0 Å². The number of nitrogens with zero attached hydrogens (tertiary/aromatic N) is 2. The predicted octanol–water partition coefficient (Wildman–Crippen LogP) is 4.79. The van der Waals surface area contributed by atoms with E-state index in [1.165, 1.54) is 24.1 Å². The topological polar surface area (TPSA) is 96.0 Å². The highest BCUT2D eigenvalue weighted by molar-refractivity contribution is 7.92. The lowest BCUT2D eigenvalue weighted by molar-refractivity contribution is -0.139. The Morgan fingerprint density at radius 3 is 2.21 bits per heavy atom. The third-order valence-electron chi connectivity index (χ3n) is 6.09. The van der Waals surface area contributed by atoms with Crippen LogP contribution in [0.3, 0.4) is 0 Å². The van der Waals surface area contributed by atoms with Gasteiger partial charge in [0.25, 0.3) is 10.0 Å². The summed E-state index contributed by atoms with van der Waals surface area (Å²) in [6, 6.07) is 18.8. The first-order valence-corrected chi connectivity index (χ1v) is 14.3. The minimum Gasteiger partial charge on any atom is -0.497 e. The Hall–Kier alpha value is -3.56. The molecule has 1 atom stereocenters. The molecular weight excluding hydrogens is 538 g/mol. The number of rotatable bonds is 11. The molecule has 3 aromatic rings. The smallest absolute Gasteiger partial charge is 0.264 e. The molecule has 0 radical (unpaired) electrons. The second kappa shape index (κ2) is 13.0. The van der Waals surface area contributed by atoms with Crippen LogP contribution in [0.1, 0.15) is 31.9 Å². The molecule has 0 saturated carbocycles. The summed E-state index contributed by atoms with van der Waals surface area (Å²) in [6.07, 6.45) is 0. The van der Waals surface area contributed by atoms with Crippen molar-refractivity contribution in [1.29, 1.82) is 0 Å². The van der Waals surface area contributed by atoms with Crippen molar-refractivity contribution in [2.24, 2.45) is 0 Å². The Morgan fingerprint density at radius 1 is 0.974 bits per heavy atom. The Bertz CT molecular complexity index is 1390. The van der Waals surface area contributed by atoms with Crippen LogP contribution in [0.4, 0.5) is 5.69 Å². The number of carbonyl (C=O) groups is 2. The summed E-state index contributed by atoms with van der Waals surface area (Å²) in [4.78, 5) is 28.3. The number of benzene rings is 3. The minimum atomic E-state index is -4.16. The van der Waals surface area contributed by atoms with E-state index in [1.54, 1.807) is 67.6 Å². The molecule has 10 heteroatoms. The summed E-state index contributed by atoms with van der Waals surface area (Å²) in [5, 5.41) is 3.37. The van der Waals surface area contributed by atoms with Crippen LogP contribution in [0.2, 0.25) is 5.02 Å². The highest BCUT2D eigenvalue weighted by atomic mass is 35.5. The van der Waals surface area contributed by atoms with Crippen LogP contribution in [0.5, 0.6) is 5.75 Å². The highest BCUT2D eigenvalue weighted by Crippen LogP contribution is 2.28. The van der Waals surface area contributed by atoms with Gasteiger partial charge in [-0.15, -0.1) is 0 Å². The third-order valence-corrected chi connectivity index (χ3v) is 8.13. The van der Waals surface area contributed by atoms with Crippen LogP contribution in [-0.4, -0.2) is 50.9 Å². The Balaban J connectivity index is 2.04. The van der Waals surface area contributed by atoms with Crippen molar-refractivity contribution in [3.05, 3.63) is 88.9 Å². The van der Waals surface area contributed by atoms with Crippen molar-refractivity contribution >= 4 is 39.1 Å². The molecule has 1 N–H and O–H groups in total. The predicted molar refractivity (Wildman–Crippen MR) is 153 cm³/mol. The number of nitrogens with one attached hydrogen (secondary N) is 1. The van der Waals surface area contributed by atoms with Gasteiger partial charge in [0.2, 0.25) is 11.8 Å². The number of halogens is 1. The maximum absolute atomic E-state index is 13.9. The number of anilines is 1. The molecule has 0 saturated heterocycles. The van der Waals surface area contributed by atoms with E-state index in [-0.39, 0.29) is 29.1 Å². The van der Waals surface area contributed by atoms with E-state index in [2.05, 4.69) is 5.32 Å². The normalized spacial score (nSPS) is 12.1. The molecule has 0 bridgehead atoms. The van der Waals surface area contributed by atoms with Gasteiger partial charge in [-0.3, -0.25) is 13.9 Å². The number of amides is 2. The molecule has 3 rings (SSSR count).